The summed E-state index contributed by atoms with van der Waals surface area (Å²) in [6, 6.07) is 17.3. The molecule has 0 N–H and O–H groups in total. The summed E-state index contributed by atoms with van der Waals surface area (Å²) in [5.74, 6) is 0. The number of benzene rings is 2. The van der Waals surface area contributed by atoms with Gasteiger partial charge in [-0.25, -0.2) is 8.42 Å². The molecule has 0 radical (unpaired) electrons. The topological polar surface area (TPSA) is 34.1 Å². The summed E-state index contributed by atoms with van der Waals surface area (Å²) in [5, 5.41) is 0. The normalized spacial score (nSPS) is 19.2. The summed E-state index contributed by atoms with van der Waals surface area (Å²) in [7, 11) is -3.45. The van der Waals surface area contributed by atoms with Gasteiger partial charge >= 0.3 is 0 Å². The van der Waals surface area contributed by atoms with Gasteiger partial charge in [-0.05, 0) is 65.5 Å². The van der Waals surface area contributed by atoms with Crippen molar-refractivity contribution >= 4 is 15.9 Å². The molecule has 134 valence electrons. The predicted octanol–water partition coefficient (Wildman–Crippen LogP) is 5.66. The van der Waals surface area contributed by atoms with Crippen LogP contribution < -0.4 is 0 Å². The Hall–Kier alpha value is -2.13. The summed E-state index contributed by atoms with van der Waals surface area (Å²) in [6.45, 7) is 4.44. The Labute approximate surface area is 156 Å². The first-order valence-electron chi connectivity index (χ1n) is 9.22. The molecule has 0 spiro atoms. The van der Waals surface area contributed by atoms with E-state index in [1.807, 2.05) is 6.07 Å². The molecule has 3 heteroatoms. The molecule has 2 nitrogen and oxygen atoms in total. The Morgan fingerprint density at radius 3 is 2.35 bits per heavy atom. The lowest BCUT2D eigenvalue weighted by molar-refractivity contribution is 0.516. The smallest absolute Gasteiger partial charge is 0.203 e. The minimum absolute atomic E-state index is 0.0982. The second kappa shape index (κ2) is 6.24. The SMILES string of the molecule is CC1(C)CC2=C(S(=O)(=O)c3ccccc3)CCCC2=Cc2ccccc21. The largest absolute Gasteiger partial charge is 0.219 e. The van der Waals surface area contributed by atoms with E-state index in [9.17, 15) is 8.42 Å². The van der Waals surface area contributed by atoms with Gasteiger partial charge in [0.1, 0.15) is 0 Å². The highest BCUT2D eigenvalue weighted by molar-refractivity contribution is 7.95. The zero-order valence-corrected chi connectivity index (χ0v) is 16.1. The molecule has 2 aromatic rings. The second-order valence-corrected chi connectivity index (χ2v) is 9.86. The monoisotopic (exact) mass is 364 g/mol. The van der Waals surface area contributed by atoms with Crippen molar-refractivity contribution in [1.29, 1.82) is 0 Å². The van der Waals surface area contributed by atoms with Gasteiger partial charge in [0.25, 0.3) is 0 Å². The van der Waals surface area contributed by atoms with Gasteiger partial charge in [0.05, 0.1) is 9.80 Å². The summed E-state index contributed by atoms with van der Waals surface area (Å²) >= 11 is 0. The van der Waals surface area contributed by atoms with E-state index in [2.05, 4.69) is 44.2 Å². The van der Waals surface area contributed by atoms with Gasteiger partial charge in [0, 0.05) is 0 Å². The first kappa shape index (κ1) is 17.3. The minimum atomic E-state index is -3.45. The maximum absolute atomic E-state index is 13.4. The lowest BCUT2D eigenvalue weighted by Crippen LogP contribution is -2.21. The number of hydrogen-bond acceptors (Lipinski definition) is 2. The average Bonchev–Trinajstić information content (AvgIpc) is 2.75. The van der Waals surface area contributed by atoms with E-state index in [4.69, 9.17) is 0 Å². The maximum Gasteiger partial charge on any atom is 0.203 e. The predicted molar refractivity (Wildman–Crippen MR) is 107 cm³/mol. The zero-order valence-electron chi connectivity index (χ0n) is 15.3. The first-order valence-corrected chi connectivity index (χ1v) is 10.7. The van der Waals surface area contributed by atoms with Gasteiger partial charge < -0.3 is 0 Å². The molecule has 0 aliphatic heterocycles. The summed E-state index contributed by atoms with van der Waals surface area (Å²) < 4.78 is 26.7. The number of sulfone groups is 1. The number of allylic oxidation sites excluding steroid dienone is 3. The van der Waals surface area contributed by atoms with E-state index in [0.29, 0.717) is 16.2 Å². The third-order valence-corrected chi connectivity index (χ3v) is 7.58. The van der Waals surface area contributed by atoms with Gasteiger partial charge in [0.2, 0.25) is 9.84 Å². The third-order valence-electron chi connectivity index (χ3n) is 5.59. The van der Waals surface area contributed by atoms with Crippen LogP contribution in [0.5, 0.6) is 0 Å². The molecule has 2 aliphatic carbocycles. The Kier molecular flexibility index (Phi) is 4.15. The molecule has 0 bridgehead atoms. The van der Waals surface area contributed by atoms with Crippen molar-refractivity contribution in [3.05, 3.63) is 81.8 Å². The number of hydrogen-bond donors (Lipinski definition) is 0. The Morgan fingerprint density at radius 2 is 1.58 bits per heavy atom. The van der Waals surface area contributed by atoms with Gasteiger partial charge in [-0.3, -0.25) is 0 Å². The third kappa shape index (κ3) is 2.84. The fourth-order valence-corrected chi connectivity index (χ4v) is 6.03. The zero-order chi connectivity index (χ0) is 18.4. The lowest BCUT2D eigenvalue weighted by Gasteiger charge is -2.29. The number of rotatable bonds is 2. The van der Waals surface area contributed by atoms with Crippen molar-refractivity contribution in [2.45, 2.75) is 49.8 Å². The van der Waals surface area contributed by atoms with Crippen LogP contribution >= 0.6 is 0 Å². The summed E-state index contributed by atoms with van der Waals surface area (Å²) in [6.07, 6.45) is 5.46. The van der Waals surface area contributed by atoms with E-state index in [1.165, 1.54) is 16.7 Å². The molecule has 2 aromatic carbocycles. The molecule has 0 heterocycles. The molecule has 0 unspecified atom stereocenters. The second-order valence-electron chi connectivity index (χ2n) is 7.89. The first-order chi connectivity index (χ1) is 12.4. The van der Waals surface area contributed by atoms with Crippen molar-refractivity contribution < 1.29 is 8.42 Å². The minimum Gasteiger partial charge on any atom is -0.219 e. The maximum atomic E-state index is 13.4. The standard InChI is InChI=1S/C23H24O2S/c1-23(2)16-20-17(15-18-9-6-7-13-21(18)23)10-8-14-22(20)26(24,25)19-11-4-3-5-12-19/h3-7,9,11-13,15H,8,10,14,16H2,1-2H3. The van der Waals surface area contributed by atoms with Crippen LogP contribution in [0.4, 0.5) is 0 Å². The molecule has 26 heavy (non-hydrogen) atoms. The molecule has 0 atom stereocenters. The molecular weight excluding hydrogens is 340 g/mol. The van der Waals surface area contributed by atoms with Gasteiger partial charge in [-0.2, -0.15) is 0 Å². The van der Waals surface area contributed by atoms with Crippen molar-refractivity contribution in [3.8, 4) is 0 Å². The Balaban J connectivity index is 1.93. The quantitative estimate of drug-likeness (QED) is 0.689. The highest BCUT2D eigenvalue weighted by Crippen LogP contribution is 2.46. The van der Waals surface area contributed by atoms with Crippen molar-refractivity contribution in [3.63, 3.8) is 0 Å². The van der Waals surface area contributed by atoms with Gasteiger partial charge in [-0.1, -0.05) is 62.4 Å². The molecule has 0 amide bonds. The van der Waals surface area contributed by atoms with E-state index in [-0.39, 0.29) is 5.41 Å². The molecule has 0 saturated heterocycles. The van der Waals surface area contributed by atoms with Crippen LogP contribution in [0.1, 0.15) is 50.7 Å². The van der Waals surface area contributed by atoms with Crippen LogP contribution in [-0.4, -0.2) is 8.42 Å². The van der Waals surface area contributed by atoms with Crippen LogP contribution in [0.25, 0.3) is 6.08 Å². The highest BCUT2D eigenvalue weighted by Gasteiger charge is 2.35. The van der Waals surface area contributed by atoms with Crippen molar-refractivity contribution in [2.24, 2.45) is 0 Å². The highest BCUT2D eigenvalue weighted by atomic mass is 32.2. The summed E-state index contributed by atoms with van der Waals surface area (Å²) in [5.41, 5.74) is 4.66. The molecule has 4 rings (SSSR count). The van der Waals surface area contributed by atoms with Gasteiger partial charge in [0.15, 0.2) is 0 Å². The Morgan fingerprint density at radius 1 is 0.885 bits per heavy atom. The van der Waals surface area contributed by atoms with Crippen LogP contribution in [0.15, 0.2) is 75.5 Å². The molecule has 2 aliphatic rings. The average molecular weight is 365 g/mol. The fraction of sp³-hybridized carbons (Fsp3) is 0.304. The molecule has 0 fully saturated rings. The Bertz CT molecular complexity index is 1010. The van der Waals surface area contributed by atoms with Crippen LogP contribution in [0.2, 0.25) is 0 Å². The summed E-state index contributed by atoms with van der Waals surface area (Å²) in [4.78, 5) is 1.03. The molecule has 0 saturated carbocycles. The molecular formula is C23H24O2S. The molecule has 0 aromatic heterocycles. The van der Waals surface area contributed by atoms with E-state index in [0.717, 1.165) is 24.8 Å². The van der Waals surface area contributed by atoms with Crippen molar-refractivity contribution in [1.82, 2.24) is 0 Å². The fourth-order valence-electron chi connectivity index (χ4n) is 4.29. The van der Waals surface area contributed by atoms with Gasteiger partial charge in [-0.15, -0.1) is 0 Å². The van der Waals surface area contributed by atoms with E-state index >= 15 is 0 Å². The van der Waals surface area contributed by atoms with E-state index in [1.54, 1.807) is 24.3 Å². The van der Waals surface area contributed by atoms with Crippen molar-refractivity contribution in [2.75, 3.05) is 0 Å². The van der Waals surface area contributed by atoms with E-state index < -0.39 is 9.84 Å². The van der Waals surface area contributed by atoms with Crippen LogP contribution in [-0.2, 0) is 15.3 Å². The van der Waals surface area contributed by atoms with Crippen LogP contribution in [0, 0.1) is 0 Å². The van der Waals surface area contributed by atoms with Crippen LogP contribution in [0.3, 0.4) is 0 Å². The number of fused-ring (bicyclic) bond motifs is 2. The lowest BCUT2D eigenvalue weighted by atomic mass is 9.77.